The van der Waals surface area contributed by atoms with E-state index in [9.17, 15) is 0 Å². The van der Waals surface area contributed by atoms with Gasteiger partial charge >= 0.3 is 0 Å². The second-order valence-electron chi connectivity index (χ2n) is 4.66. The molecule has 0 spiro atoms. The van der Waals surface area contributed by atoms with Crippen molar-refractivity contribution in [3.8, 4) is 11.1 Å². The molecule has 0 bridgehead atoms. The molecule has 0 N–H and O–H groups in total. The van der Waals surface area contributed by atoms with Gasteiger partial charge in [0, 0.05) is 37.5 Å². The van der Waals surface area contributed by atoms with Crippen LogP contribution in [0, 0.1) is 0 Å². The van der Waals surface area contributed by atoms with Gasteiger partial charge < -0.3 is 30.3 Å². The predicted molar refractivity (Wildman–Crippen MR) is 103 cm³/mol. The van der Waals surface area contributed by atoms with Crippen molar-refractivity contribution in [2.75, 3.05) is 0 Å². The minimum absolute atomic E-state index is 0. The summed E-state index contributed by atoms with van der Waals surface area (Å²) in [6.07, 6.45) is 0. The van der Waals surface area contributed by atoms with Gasteiger partial charge in [-0.25, -0.2) is 12.1 Å². The molecule has 3 heteroatoms. The topological polar surface area (TPSA) is 0 Å². The SMILES string of the molecule is Cl.[Fe].[Pd].[cH-]1[cH-][cH-][cH-][cH-]1.c1cc[cH-]c1.c1ccc(-c2ccccc2)cc1. The summed E-state index contributed by atoms with van der Waals surface area (Å²) in [4.78, 5) is 0. The Bertz CT molecular complexity index is 579. The van der Waals surface area contributed by atoms with E-state index >= 15 is 0 Å². The third-order valence-electron chi connectivity index (χ3n) is 2.99. The molecule has 0 nitrogen and oxygen atoms in total. The number of halogens is 1. The van der Waals surface area contributed by atoms with Gasteiger partial charge in [-0.3, -0.25) is 0 Å². The van der Waals surface area contributed by atoms with Crippen LogP contribution in [0.15, 0.2) is 121 Å². The first kappa shape index (κ1) is 25.8. The second-order valence-corrected chi connectivity index (χ2v) is 4.66. The molecule has 0 saturated carbocycles. The number of hydrogen-bond donors (Lipinski definition) is 0. The van der Waals surface area contributed by atoms with E-state index in [1.165, 1.54) is 11.1 Å². The second kappa shape index (κ2) is 17.4. The zero-order valence-corrected chi connectivity index (χ0v) is 17.1. The molecule has 0 saturated heterocycles. The molecule has 0 amide bonds. The zero-order valence-electron chi connectivity index (χ0n) is 13.6. The third kappa shape index (κ3) is 11.7. The standard InChI is InChI=1S/C12H10.2C5H5.ClH.Fe.Pd/c1-3-7-11(8-4-1)12-9-5-2-6-10-12;2*1-2-4-5-3-1;;;/h1-10H;2*1-5H;1H;;/q;-5;-1;;;. The molecular formula is C22H21ClFePd-6. The molecule has 0 radical (unpaired) electrons. The largest absolute Gasteiger partial charge is 0.748 e. The molecule has 0 aliphatic rings. The van der Waals surface area contributed by atoms with Crippen LogP contribution in [-0.4, -0.2) is 0 Å². The van der Waals surface area contributed by atoms with Crippen molar-refractivity contribution in [3.05, 3.63) is 121 Å². The van der Waals surface area contributed by atoms with Crippen molar-refractivity contribution >= 4 is 12.4 Å². The van der Waals surface area contributed by atoms with E-state index in [1.807, 2.05) is 72.8 Å². The van der Waals surface area contributed by atoms with Crippen molar-refractivity contribution in [2.24, 2.45) is 0 Å². The van der Waals surface area contributed by atoms with E-state index in [0.29, 0.717) is 0 Å². The summed E-state index contributed by atoms with van der Waals surface area (Å²) in [5.41, 5.74) is 2.55. The first-order chi connectivity index (χ1) is 11.0. The minimum atomic E-state index is 0. The van der Waals surface area contributed by atoms with Crippen molar-refractivity contribution in [2.45, 2.75) is 0 Å². The average molecular weight is 483 g/mol. The summed E-state index contributed by atoms with van der Waals surface area (Å²) in [5.74, 6) is 0. The van der Waals surface area contributed by atoms with Crippen LogP contribution >= 0.6 is 12.4 Å². The molecule has 25 heavy (non-hydrogen) atoms. The van der Waals surface area contributed by atoms with Crippen molar-refractivity contribution in [3.63, 3.8) is 0 Å². The maximum atomic E-state index is 2.12. The normalized spacial score (nSPS) is 7.84. The van der Waals surface area contributed by atoms with Gasteiger partial charge in [-0.2, -0.15) is 18.2 Å². The van der Waals surface area contributed by atoms with Crippen LogP contribution in [0.25, 0.3) is 11.1 Å². The van der Waals surface area contributed by atoms with Gasteiger partial charge in [0.15, 0.2) is 0 Å². The first-order valence-electron chi connectivity index (χ1n) is 7.40. The maximum Gasteiger partial charge on any atom is 0 e. The molecule has 0 atom stereocenters. The molecule has 4 rings (SSSR count). The Kier molecular flexibility index (Phi) is 18.0. The van der Waals surface area contributed by atoms with E-state index in [4.69, 9.17) is 0 Å². The zero-order chi connectivity index (χ0) is 15.3. The van der Waals surface area contributed by atoms with Crippen molar-refractivity contribution in [1.82, 2.24) is 0 Å². The van der Waals surface area contributed by atoms with E-state index in [0.717, 1.165) is 0 Å². The van der Waals surface area contributed by atoms with E-state index in [1.54, 1.807) is 0 Å². The Morgan fingerprint density at radius 1 is 0.480 bits per heavy atom. The summed E-state index contributed by atoms with van der Waals surface area (Å²) in [6, 6.07) is 40.8. The Morgan fingerprint density at radius 3 is 1.04 bits per heavy atom. The Labute approximate surface area is 181 Å². The summed E-state index contributed by atoms with van der Waals surface area (Å²) in [7, 11) is 0. The van der Waals surface area contributed by atoms with Crippen LogP contribution < -0.4 is 0 Å². The Balaban J connectivity index is 0. The fourth-order valence-corrected chi connectivity index (χ4v) is 1.90. The van der Waals surface area contributed by atoms with E-state index < -0.39 is 0 Å². The molecule has 0 heterocycles. The molecule has 4 aromatic rings. The summed E-state index contributed by atoms with van der Waals surface area (Å²) >= 11 is 0. The van der Waals surface area contributed by atoms with Gasteiger partial charge in [0.1, 0.15) is 0 Å². The molecule has 0 aliphatic heterocycles. The van der Waals surface area contributed by atoms with Crippen LogP contribution in [0.2, 0.25) is 0 Å². The molecule has 0 unspecified atom stereocenters. The molecular weight excluding hydrogens is 462 g/mol. The number of benzene rings is 2. The first-order valence-corrected chi connectivity index (χ1v) is 7.40. The Hall–Kier alpha value is -1.39. The molecule has 0 aromatic heterocycles. The van der Waals surface area contributed by atoms with Crippen LogP contribution in [0.1, 0.15) is 0 Å². The van der Waals surface area contributed by atoms with Crippen molar-refractivity contribution in [1.29, 1.82) is 0 Å². The molecule has 0 aliphatic carbocycles. The van der Waals surface area contributed by atoms with Gasteiger partial charge in [0.2, 0.25) is 0 Å². The van der Waals surface area contributed by atoms with Crippen LogP contribution in [0.5, 0.6) is 0 Å². The van der Waals surface area contributed by atoms with Gasteiger partial charge in [-0.15, -0.1) is 12.4 Å². The van der Waals surface area contributed by atoms with Gasteiger partial charge in [0.05, 0.1) is 0 Å². The fraction of sp³-hybridized carbons (Fsp3) is 0. The summed E-state index contributed by atoms with van der Waals surface area (Å²) in [6.45, 7) is 0. The molecule has 140 valence electrons. The monoisotopic (exact) mass is 482 g/mol. The third-order valence-corrected chi connectivity index (χ3v) is 2.99. The molecule has 4 aromatic carbocycles. The summed E-state index contributed by atoms with van der Waals surface area (Å²) in [5, 5.41) is 0. The summed E-state index contributed by atoms with van der Waals surface area (Å²) < 4.78 is 0. The van der Waals surface area contributed by atoms with Crippen molar-refractivity contribution < 1.29 is 37.5 Å². The van der Waals surface area contributed by atoms with Gasteiger partial charge in [0.25, 0.3) is 0 Å². The number of rotatable bonds is 1. The van der Waals surface area contributed by atoms with Gasteiger partial charge in [-0.1, -0.05) is 60.7 Å². The van der Waals surface area contributed by atoms with E-state index in [2.05, 4.69) is 48.5 Å². The van der Waals surface area contributed by atoms with Crippen LogP contribution in [0.3, 0.4) is 0 Å². The minimum Gasteiger partial charge on any atom is -0.748 e. The molecule has 0 fully saturated rings. The van der Waals surface area contributed by atoms with Crippen LogP contribution in [0.4, 0.5) is 0 Å². The smallest absolute Gasteiger partial charge is 0 e. The quantitative estimate of drug-likeness (QED) is 0.212. The average Bonchev–Trinajstić information content (AvgIpc) is 3.34. The predicted octanol–water partition coefficient (Wildman–Crippen LogP) is 6.58. The fourth-order valence-electron chi connectivity index (χ4n) is 1.90. The maximum absolute atomic E-state index is 2.12. The van der Waals surface area contributed by atoms with Gasteiger partial charge in [-0.05, 0) is 11.1 Å². The van der Waals surface area contributed by atoms with E-state index in [-0.39, 0.29) is 49.9 Å². The number of hydrogen-bond acceptors (Lipinski definition) is 0. The Morgan fingerprint density at radius 2 is 0.800 bits per heavy atom. The van der Waals surface area contributed by atoms with Crippen LogP contribution in [-0.2, 0) is 37.5 Å².